The van der Waals surface area contributed by atoms with Gasteiger partial charge in [-0.05, 0) is 30.0 Å². The number of para-hydroxylation sites is 2. The van der Waals surface area contributed by atoms with E-state index in [0.717, 1.165) is 28.7 Å². The van der Waals surface area contributed by atoms with Crippen molar-refractivity contribution < 1.29 is 4.79 Å². The van der Waals surface area contributed by atoms with Crippen LogP contribution < -0.4 is 0 Å². The van der Waals surface area contributed by atoms with Crippen molar-refractivity contribution in [2.24, 2.45) is 0 Å². The average Bonchev–Trinajstić information content (AvgIpc) is 2.98. The van der Waals surface area contributed by atoms with Crippen LogP contribution in [0, 0.1) is 0 Å². The maximum atomic E-state index is 12.7. The normalized spacial score (nSPS) is 17.3. The molecule has 2 aromatic carbocycles. The topological polar surface area (TPSA) is 47.3 Å². The number of fused-ring (bicyclic) bond motifs is 4. The summed E-state index contributed by atoms with van der Waals surface area (Å²) >= 11 is 0. The van der Waals surface area contributed by atoms with Crippen LogP contribution in [-0.2, 0) is 6.42 Å². The van der Waals surface area contributed by atoms with Crippen molar-refractivity contribution in [2.45, 2.75) is 18.8 Å². The maximum Gasteiger partial charge on any atom is 0.235 e. The van der Waals surface area contributed by atoms with E-state index in [4.69, 9.17) is 4.98 Å². The van der Waals surface area contributed by atoms with Gasteiger partial charge in [-0.3, -0.25) is 9.20 Å². The van der Waals surface area contributed by atoms with Gasteiger partial charge in [0, 0.05) is 12.6 Å². The summed E-state index contributed by atoms with van der Waals surface area (Å²) in [6.07, 6.45) is 3.23. The van der Waals surface area contributed by atoms with E-state index < -0.39 is 0 Å². The van der Waals surface area contributed by atoms with Crippen LogP contribution in [-0.4, -0.2) is 20.2 Å². The molecule has 0 N–H and O–H groups in total. The summed E-state index contributed by atoms with van der Waals surface area (Å²) in [4.78, 5) is 22.0. The second-order valence-electron chi connectivity index (χ2n) is 6.31. The van der Waals surface area contributed by atoms with E-state index in [2.05, 4.69) is 17.1 Å². The summed E-state index contributed by atoms with van der Waals surface area (Å²) in [5.74, 6) is 1.03. The minimum Gasteiger partial charge on any atom is -0.294 e. The van der Waals surface area contributed by atoms with E-state index in [1.54, 1.807) is 0 Å². The van der Waals surface area contributed by atoms with E-state index in [0.29, 0.717) is 12.2 Å². The molecule has 2 heterocycles. The van der Waals surface area contributed by atoms with E-state index in [9.17, 15) is 4.79 Å². The Kier molecular flexibility index (Phi) is 2.80. The molecule has 0 aliphatic heterocycles. The molecule has 0 fully saturated rings. The Balaban J connectivity index is 1.67. The molecule has 1 atom stereocenters. The van der Waals surface area contributed by atoms with E-state index in [1.165, 1.54) is 5.56 Å². The number of imidazole rings is 1. The Morgan fingerprint density at radius 1 is 0.917 bits per heavy atom. The molecule has 0 saturated heterocycles. The van der Waals surface area contributed by atoms with Crippen LogP contribution in [0.15, 0.2) is 60.8 Å². The molecule has 4 aromatic rings. The Morgan fingerprint density at radius 3 is 2.58 bits per heavy atom. The first-order valence-electron chi connectivity index (χ1n) is 8.14. The van der Waals surface area contributed by atoms with Crippen LogP contribution in [0.3, 0.4) is 0 Å². The largest absolute Gasteiger partial charge is 0.294 e. The lowest BCUT2D eigenvalue weighted by atomic mass is 9.82. The number of carbonyl (C=O) groups excluding carboxylic acids is 1. The van der Waals surface area contributed by atoms with Gasteiger partial charge in [0.25, 0.3) is 0 Å². The number of hydrogen-bond donors (Lipinski definition) is 0. The Morgan fingerprint density at radius 2 is 1.71 bits per heavy atom. The summed E-state index contributed by atoms with van der Waals surface area (Å²) in [5, 5.41) is 0. The first-order valence-corrected chi connectivity index (χ1v) is 8.14. The van der Waals surface area contributed by atoms with Crippen molar-refractivity contribution in [1.82, 2.24) is 14.4 Å². The third kappa shape index (κ3) is 1.96. The highest BCUT2D eigenvalue weighted by Crippen LogP contribution is 2.32. The monoisotopic (exact) mass is 313 g/mol. The molecule has 1 aliphatic rings. The van der Waals surface area contributed by atoms with Crippen molar-refractivity contribution in [3.8, 4) is 0 Å². The number of Topliss-reactive ketones (excluding diaryl/α,β-unsaturated/α-hetero) is 1. The zero-order valence-electron chi connectivity index (χ0n) is 13.0. The lowest BCUT2D eigenvalue weighted by Gasteiger charge is -2.23. The molecule has 0 saturated carbocycles. The van der Waals surface area contributed by atoms with Crippen LogP contribution >= 0.6 is 0 Å². The number of benzene rings is 2. The predicted octanol–water partition coefficient (Wildman–Crippen LogP) is 3.80. The molecule has 24 heavy (non-hydrogen) atoms. The third-order valence-electron chi connectivity index (χ3n) is 4.82. The van der Waals surface area contributed by atoms with E-state index in [1.807, 2.05) is 53.1 Å². The summed E-state index contributed by atoms with van der Waals surface area (Å²) in [5.41, 5.74) is 4.69. The van der Waals surface area contributed by atoms with Crippen LogP contribution in [0.2, 0.25) is 0 Å². The number of rotatable bonds is 1. The van der Waals surface area contributed by atoms with Crippen molar-refractivity contribution >= 4 is 22.6 Å². The molecule has 0 spiro atoms. The number of aromatic nitrogens is 3. The minimum atomic E-state index is 0.164. The SMILES string of the molecule is O=C1C[C@@H](c2ccccc2)Cc2nc3nc4ccccc4n3cc21. The van der Waals surface area contributed by atoms with Gasteiger partial charge in [-0.15, -0.1) is 0 Å². The Hall–Kier alpha value is -3.01. The fraction of sp³-hybridized carbons (Fsp3) is 0.150. The molecule has 2 aromatic heterocycles. The molecule has 0 bridgehead atoms. The molecular formula is C20H15N3O. The fourth-order valence-electron chi connectivity index (χ4n) is 3.61. The van der Waals surface area contributed by atoms with E-state index >= 15 is 0 Å². The lowest BCUT2D eigenvalue weighted by molar-refractivity contribution is 0.0962. The van der Waals surface area contributed by atoms with Crippen molar-refractivity contribution in [3.63, 3.8) is 0 Å². The van der Waals surface area contributed by atoms with Gasteiger partial charge in [-0.2, -0.15) is 0 Å². The van der Waals surface area contributed by atoms with Gasteiger partial charge >= 0.3 is 0 Å². The lowest BCUT2D eigenvalue weighted by Crippen LogP contribution is -2.21. The second-order valence-corrected chi connectivity index (χ2v) is 6.31. The van der Waals surface area contributed by atoms with Crippen LogP contribution in [0.4, 0.5) is 0 Å². The number of nitrogens with zero attached hydrogens (tertiary/aromatic N) is 3. The van der Waals surface area contributed by atoms with Gasteiger partial charge in [-0.1, -0.05) is 42.5 Å². The highest BCUT2D eigenvalue weighted by molar-refractivity contribution is 5.99. The summed E-state index contributed by atoms with van der Waals surface area (Å²) in [7, 11) is 0. The standard InChI is InChI=1S/C20H15N3O/c24-19-11-14(13-6-2-1-3-7-13)10-17-15(19)12-23-18-9-5-4-8-16(18)21-20(23)22-17/h1-9,12,14H,10-11H2/t14-/m0/s1. The van der Waals surface area contributed by atoms with Crippen LogP contribution in [0.25, 0.3) is 16.8 Å². The van der Waals surface area contributed by atoms with Gasteiger partial charge in [0.05, 0.1) is 22.3 Å². The van der Waals surface area contributed by atoms with Gasteiger partial charge in [0.2, 0.25) is 5.78 Å². The minimum absolute atomic E-state index is 0.164. The molecule has 116 valence electrons. The highest BCUT2D eigenvalue weighted by atomic mass is 16.1. The van der Waals surface area contributed by atoms with Crippen LogP contribution in [0.5, 0.6) is 0 Å². The van der Waals surface area contributed by atoms with Gasteiger partial charge in [-0.25, -0.2) is 9.97 Å². The second kappa shape index (κ2) is 4.99. The first-order chi connectivity index (χ1) is 11.8. The number of hydrogen-bond acceptors (Lipinski definition) is 3. The Bertz CT molecular complexity index is 1080. The van der Waals surface area contributed by atoms with Gasteiger partial charge in [0.15, 0.2) is 5.78 Å². The first kappa shape index (κ1) is 13.4. The van der Waals surface area contributed by atoms with Crippen LogP contribution in [0.1, 0.15) is 34.0 Å². The van der Waals surface area contributed by atoms with Gasteiger partial charge < -0.3 is 0 Å². The summed E-state index contributed by atoms with van der Waals surface area (Å²) in [6.45, 7) is 0. The summed E-state index contributed by atoms with van der Waals surface area (Å²) in [6, 6.07) is 18.1. The van der Waals surface area contributed by atoms with Crippen molar-refractivity contribution in [3.05, 3.63) is 77.6 Å². The zero-order chi connectivity index (χ0) is 16.1. The predicted molar refractivity (Wildman–Crippen MR) is 92.3 cm³/mol. The third-order valence-corrected chi connectivity index (χ3v) is 4.82. The molecule has 4 heteroatoms. The number of ketones is 1. The maximum absolute atomic E-state index is 12.7. The van der Waals surface area contributed by atoms with E-state index in [-0.39, 0.29) is 11.7 Å². The van der Waals surface area contributed by atoms with Gasteiger partial charge in [0.1, 0.15) is 0 Å². The zero-order valence-corrected chi connectivity index (χ0v) is 13.0. The molecule has 1 aliphatic carbocycles. The summed E-state index contributed by atoms with van der Waals surface area (Å²) < 4.78 is 1.93. The average molecular weight is 313 g/mol. The molecule has 0 radical (unpaired) electrons. The number of carbonyl (C=O) groups is 1. The Labute approximate surface area is 138 Å². The highest BCUT2D eigenvalue weighted by Gasteiger charge is 2.28. The van der Waals surface area contributed by atoms with Crippen molar-refractivity contribution in [1.29, 1.82) is 0 Å². The van der Waals surface area contributed by atoms with Crippen molar-refractivity contribution in [2.75, 3.05) is 0 Å². The fourth-order valence-corrected chi connectivity index (χ4v) is 3.61. The smallest absolute Gasteiger partial charge is 0.235 e. The molecule has 5 rings (SSSR count). The molecule has 0 unspecified atom stereocenters. The quantitative estimate of drug-likeness (QED) is 0.537. The molecule has 4 nitrogen and oxygen atoms in total. The molecular weight excluding hydrogens is 298 g/mol. The molecule has 0 amide bonds.